The highest BCUT2D eigenvalue weighted by Crippen LogP contribution is 2.10. The maximum absolute atomic E-state index is 12.3. The Kier molecular flexibility index (Phi) is 4.93. The molecule has 1 unspecified atom stereocenters. The molecule has 104 valence electrons. The van der Waals surface area contributed by atoms with E-state index in [4.69, 9.17) is 0 Å². The second-order valence-electron chi connectivity index (χ2n) is 5.19. The van der Waals surface area contributed by atoms with Crippen molar-refractivity contribution in [3.63, 3.8) is 0 Å². The van der Waals surface area contributed by atoms with Crippen molar-refractivity contribution in [3.05, 3.63) is 35.9 Å². The van der Waals surface area contributed by atoms with Gasteiger partial charge in [-0.3, -0.25) is 9.69 Å². The minimum absolute atomic E-state index is 0.236. The highest BCUT2D eigenvalue weighted by molar-refractivity contribution is 5.78. The van der Waals surface area contributed by atoms with Crippen LogP contribution in [0.2, 0.25) is 0 Å². The Morgan fingerprint density at radius 3 is 2.74 bits per heavy atom. The van der Waals surface area contributed by atoms with Crippen LogP contribution in [0.3, 0.4) is 0 Å². The number of carbonyl (C=O) groups is 1. The molecule has 1 aliphatic rings. The number of nitrogens with zero attached hydrogens (tertiary/aromatic N) is 2. The Morgan fingerprint density at radius 2 is 2.05 bits per heavy atom. The molecular weight excluding hydrogens is 238 g/mol. The van der Waals surface area contributed by atoms with E-state index in [1.807, 2.05) is 42.3 Å². The standard InChI is InChI=1S/C15H23N3O/c1-16-11-14-12-18(9-8-17(14)2)15(19)10-13-6-4-3-5-7-13/h3-7,14,16H,8-12H2,1-2H3. The van der Waals surface area contributed by atoms with Crippen LogP contribution in [-0.2, 0) is 11.2 Å². The van der Waals surface area contributed by atoms with Crippen molar-refractivity contribution in [1.82, 2.24) is 15.1 Å². The van der Waals surface area contributed by atoms with Crippen LogP contribution in [0.1, 0.15) is 5.56 Å². The number of piperazine rings is 1. The summed E-state index contributed by atoms with van der Waals surface area (Å²) in [6, 6.07) is 10.4. The second-order valence-corrected chi connectivity index (χ2v) is 5.19. The lowest BCUT2D eigenvalue weighted by Gasteiger charge is -2.39. The lowest BCUT2D eigenvalue weighted by Crippen LogP contribution is -2.56. The first-order valence-corrected chi connectivity index (χ1v) is 6.87. The maximum Gasteiger partial charge on any atom is 0.227 e. The second kappa shape index (κ2) is 6.68. The molecule has 1 amide bonds. The largest absolute Gasteiger partial charge is 0.340 e. The van der Waals surface area contributed by atoms with Crippen LogP contribution in [0.25, 0.3) is 0 Å². The smallest absolute Gasteiger partial charge is 0.227 e. The number of benzene rings is 1. The van der Waals surface area contributed by atoms with Crippen LogP contribution in [0.15, 0.2) is 30.3 Å². The molecule has 1 atom stereocenters. The first-order chi connectivity index (χ1) is 9.20. The lowest BCUT2D eigenvalue weighted by molar-refractivity contribution is -0.133. The van der Waals surface area contributed by atoms with Gasteiger partial charge in [-0.25, -0.2) is 0 Å². The van der Waals surface area contributed by atoms with Crippen LogP contribution in [0, 0.1) is 0 Å². The summed E-state index contributed by atoms with van der Waals surface area (Å²) in [5.74, 6) is 0.236. The maximum atomic E-state index is 12.3. The number of likely N-dealkylation sites (N-methyl/N-ethyl adjacent to an activating group) is 2. The highest BCUT2D eigenvalue weighted by atomic mass is 16.2. The predicted octanol–water partition coefficient (Wildman–Crippen LogP) is 0.591. The molecule has 1 aliphatic heterocycles. The fourth-order valence-corrected chi connectivity index (χ4v) is 2.51. The molecule has 4 nitrogen and oxygen atoms in total. The Labute approximate surface area is 115 Å². The van der Waals surface area contributed by atoms with Crippen LogP contribution < -0.4 is 5.32 Å². The summed E-state index contributed by atoms with van der Waals surface area (Å²) in [6.45, 7) is 3.53. The average molecular weight is 261 g/mol. The van der Waals surface area contributed by atoms with Crippen molar-refractivity contribution >= 4 is 5.91 Å². The third-order valence-electron chi connectivity index (χ3n) is 3.77. The zero-order valence-electron chi connectivity index (χ0n) is 11.8. The van der Waals surface area contributed by atoms with Gasteiger partial charge in [0, 0.05) is 32.2 Å². The minimum atomic E-state index is 0.236. The molecule has 0 spiro atoms. The third-order valence-corrected chi connectivity index (χ3v) is 3.77. The van der Waals surface area contributed by atoms with Gasteiger partial charge >= 0.3 is 0 Å². The fraction of sp³-hybridized carbons (Fsp3) is 0.533. The normalized spacial score (nSPS) is 20.5. The molecule has 1 N–H and O–H groups in total. The molecule has 0 aromatic heterocycles. The third kappa shape index (κ3) is 3.78. The Morgan fingerprint density at radius 1 is 1.32 bits per heavy atom. The number of amides is 1. The molecule has 1 fully saturated rings. The van der Waals surface area contributed by atoms with E-state index >= 15 is 0 Å². The zero-order valence-corrected chi connectivity index (χ0v) is 11.8. The van der Waals surface area contributed by atoms with Gasteiger partial charge < -0.3 is 10.2 Å². The first-order valence-electron chi connectivity index (χ1n) is 6.87. The van der Waals surface area contributed by atoms with Crippen LogP contribution in [-0.4, -0.2) is 62.0 Å². The van der Waals surface area contributed by atoms with E-state index < -0.39 is 0 Å². The molecule has 0 bridgehead atoms. The molecular formula is C15H23N3O. The Balaban J connectivity index is 1.92. The topological polar surface area (TPSA) is 35.6 Å². The number of carbonyl (C=O) groups excluding carboxylic acids is 1. The van der Waals surface area contributed by atoms with Crippen molar-refractivity contribution in [1.29, 1.82) is 0 Å². The summed E-state index contributed by atoms with van der Waals surface area (Å²) < 4.78 is 0. The van der Waals surface area contributed by atoms with Crippen LogP contribution in [0.5, 0.6) is 0 Å². The summed E-state index contributed by atoms with van der Waals surface area (Å²) in [7, 11) is 4.08. The summed E-state index contributed by atoms with van der Waals surface area (Å²) in [6.07, 6.45) is 0.511. The molecule has 0 radical (unpaired) electrons. The van der Waals surface area contributed by atoms with E-state index in [0.717, 1.165) is 31.7 Å². The fourth-order valence-electron chi connectivity index (χ4n) is 2.51. The van der Waals surface area contributed by atoms with Gasteiger partial charge in [-0.15, -0.1) is 0 Å². The predicted molar refractivity (Wildman–Crippen MR) is 77.1 cm³/mol. The summed E-state index contributed by atoms with van der Waals surface area (Å²) >= 11 is 0. The van der Waals surface area contributed by atoms with Gasteiger partial charge in [0.2, 0.25) is 5.91 Å². The van der Waals surface area contributed by atoms with E-state index in [1.54, 1.807) is 0 Å². The van der Waals surface area contributed by atoms with E-state index in [-0.39, 0.29) is 5.91 Å². The van der Waals surface area contributed by atoms with Gasteiger partial charge in [0.25, 0.3) is 0 Å². The zero-order chi connectivity index (χ0) is 13.7. The SMILES string of the molecule is CNCC1CN(C(=O)Cc2ccccc2)CCN1C. The summed E-state index contributed by atoms with van der Waals surface area (Å²) in [4.78, 5) is 16.6. The minimum Gasteiger partial charge on any atom is -0.340 e. The van der Waals surface area contributed by atoms with Gasteiger partial charge in [-0.1, -0.05) is 30.3 Å². The van der Waals surface area contributed by atoms with E-state index in [2.05, 4.69) is 17.3 Å². The van der Waals surface area contributed by atoms with Gasteiger partial charge in [-0.2, -0.15) is 0 Å². The monoisotopic (exact) mass is 261 g/mol. The van der Waals surface area contributed by atoms with Gasteiger partial charge in [-0.05, 0) is 19.7 Å². The van der Waals surface area contributed by atoms with Crippen LogP contribution in [0.4, 0.5) is 0 Å². The molecule has 1 saturated heterocycles. The molecule has 0 saturated carbocycles. The molecule has 19 heavy (non-hydrogen) atoms. The van der Waals surface area contributed by atoms with E-state index in [9.17, 15) is 4.79 Å². The summed E-state index contributed by atoms with van der Waals surface area (Å²) in [5.41, 5.74) is 1.09. The van der Waals surface area contributed by atoms with Crippen LogP contribution >= 0.6 is 0 Å². The highest BCUT2D eigenvalue weighted by Gasteiger charge is 2.26. The number of hydrogen-bond donors (Lipinski definition) is 1. The average Bonchev–Trinajstić information content (AvgIpc) is 2.42. The summed E-state index contributed by atoms with van der Waals surface area (Å²) in [5, 5.41) is 3.20. The quantitative estimate of drug-likeness (QED) is 0.862. The van der Waals surface area contributed by atoms with Crippen molar-refractivity contribution < 1.29 is 4.79 Å². The van der Waals surface area contributed by atoms with Crippen molar-refractivity contribution in [3.8, 4) is 0 Å². The molecule has 0 aliphatic carbocycles. The van der Waals surface area contributed by atoms with E-state index in [0.29, 0.717) is 12.5 Å². The van der Waals surface area contributed by atoms with Gasteiger partial charge in [0.1, 0.15) is 0 Å². The molecule has 1 heterocycles. The van der Waals surface area contributed by atoms with Crippen molar-refractivity contribution in [2.24, 2.45) is 0 Å². The van der Waals surface area contributed by atoms with Crippen molar-refractivity contribution in [2.75, 3.05) is 40.3 Å². The number of nitrogens with one attached hydrogen (secondary N) is 1. The molecule has 1 aromatic rings. The number of hydrogen-bond acceptors (Lipinski definition) is 3. The van der Waals surface area contributed by atoms with Crippen molar-refractivity contribution in [2.45, 2.75) is 12.5 Å². The molecule has 2 rings (SSSR count). The Bertz CT molecular complexity index is 407. The first kappa shape index (κ1) is 14.0. The van der Waals surface area contributed by atoms with Gasteiger partial charge in [0.15, 0.2) is 0 Å². The molecule has 4 heteroatoms. The Hall–Kier alpha value is -1.39. The number of rotatable bonds is 4. The molecule has 1 aromatic carbocycles. The lowest BCUT2D eigenvalue weighted by atomic mass is 10.1. The van der Waals surface area contributed by atoms with Gasteiger partial charge in [0.05, 0.1) is 6.42 Å². The van der Waals surface area contributed by atoms with E-state index in [1.165, 1.54) is 0 Å².